The van der Waals surface area contributed by atoms with Gasteiger partial charge in [-0.2, -0.15) is 0 Å². The molecule has 0 atom stereocenters. The van der Waals surface area contributed by atoms with Crippen molar-refractivity contribution >= 4 is 21.4 Å². The maximum absolute atomic E-state index is 4.57. The first kappa shape index (κ1) is 9.66. The SMILES string of the molecule is Cc1nc(C)c2sc(C)c(C)c2c1C. The second kappa shape index (κ2) is 3.06. The smallest absolute Gasteiger partial charge is 0.0563 e. The Balaban J connectivity index is 3.03. The third kappa shape index (κ3) is 1.17. The highest BCUT2D eigenvalue weighted by atomic mass is 32.1. The Kier molecular flexibility index (Phi) is 2.11. The molecule has 0 aliphatic rings. The average molecular weight is 205 g/mol. The summed E-state index contributed by atoms with van der Waals surface area (Å²) in [6.45, 7) is 10.8. The Labute approximate surface area is 88.8 Å². The van der Waals surface area contributed by atoms with Crippen molar-refractivity contribution in [2.24, 2.45) is 0 Å². The fourth-order valence-electron chi connectivity index (χ4n) is 1.90. The summed E-state index contributed by atoms with van der Waals surface area (Å²) in [5.41, 5.74) is 5.10. The number of hydrogen-bond acceptors (Lipinski definition) is 2. The van der Waals surface area contributed by atoms with Crippen LogP contribution >= 0.6 is 11.3 Å². The topological polar surface area (TPSA) is 12.9 Å². The van der Waals surface area contributed by atoms with E-state index in [1.807, 2.05) is 11.3 Å². The molecule has 2 aromatic heterocycles. The summed E-state index contributed by atoms with van der Waals surface area (Å²) in [4.78, 5) is 5.98. The Morgan fingerprint density at radius 2 is 1.50 bits per heavy atom. The van der Waals surface area contributed by atoms with Gasteiger partial charge < -0.3 is 0 Å². The van der Waals surface area contributed by atoms with Crippen molar-refractivity contribution in [1.29, 1.82) is 0 Å². The number of aromatic nitrogens is 1. The highest BCUT2D eigenvalue weighted by Gasteiger charge is 2.12. The molecule has 0 N–H and O–H groups in total. The van der Waals surface area contributed by atoms with E-state index in [0.29, 0.717) is 0 Å². The van der Waals surface area contributed by atoms with Gasteiger partial charge in [-0.1, -0.05) is 0 Å². The molecular formula is C12H15NS. The monoisotopic (exact) mass is 205 g/mol. The van der Waals surface area contributed by atoms with E-state index in [-0.39, 0.29) is 0 Å². The van der Waals surface area contributed by atoms with E-state index in [1.165, 1.54) is 31.8 Å². The van der Waals surface area contributed by atoms with E-state index in [2.05, 4.69) is 39.6 Å². The third-order valence-corrected chi connectivity index (χ3v) is 4.28. The van der Waals surface area contributed by atoms with E-state index in [0.717, 1.165) is 5.69 Å². The first-order chi connectivity index (χ1) is 6.52. The molecule has 2 heterocycles. The Hall–Kier alpha value is -0.890. The summed E-state index contributed by atoms with van der Waals surface area (Å²) in [7, 11) is 0. The number of rotatable bonds is 0. The van der Waals surface area contributed by atoms with Gasteiger partial charge in [-0.15, -0.1) is 11.3 Å². The van der Waals surface area contributed by atoms with E-state index in [1.54, 1.807) is 0 Å². The summed E-state index contributed by atoms with van der Waals surface area (Å²) in [6, 6.07) is 0. The van der Waals surface area contributed by atoms with E-state index in [9.17, 15) is 0 Å². The van der Waals surface area contributed by atoms with Crippen molar-refractivity contribution in [3.8, 4) is 0 Å². The molecule has 0 unspecified atom stereocenters. The molecule has 2 rings (SSSR count). The lowest BCUT2D eigenvalue weighted by atomic mass is 10.1. The van der Waals surface area contributed by atoms with Gasteiger partial charge in [0, 0.05) is 16.0 Å². The number of hydrogen-bond donors (Lipinski definition) is 0. The number of thiophene rings is 1. The number of fused-ring (bicyclic) bond motifs is 1. The van der Waals surface area contributed by atoms with Gasteiger partial charge in [0.2, 0.25) is 0 Å². The van der Waals surface area contributed by atoms with E-state index in [4.69, 9.17) is 0 Å². The first-order valence-corrected chi connectivity index (χ1v) is 5.67. The second-order valence-electron chi connectivity index (χ2n) is 3.89. The van der Waals surface area contributed by atoms with Crippen LogP contribution in [0.25, 0.3) is 10.1 Å². The van der Waals surface area contributed by atoms with Crippen molar-refractivity contribution in [3.05, 3.63) is 27.4 Å². The van der Waals surface area contributed by atoms with Gasteiger partial charge in [0.1, 0.15) is 0 Å². The molecule has 0 spiro atoms. The average Bonchev–Trinajstić information content (AvgIpc) is 2.41. The zero-order valence-electron chi connectivity index (χ0n) is 9.36. The molecule has 1 nitrogen and oxygen atoms in total. The predicted octanol–water partition coefficient (Wildman–Crippen LogP) is 3.84. The summed E-state index contributed by atoms with van der Waals surface area (Å²) in [6.07, 6.45) is 0. The molecule has 0 aliphatic heterocycles. The van der Waals surface area contributed by atoms with Crippen molar-refractivity contribution in [2.75, 3.05) is 0 Å². The van der Waals surface area contributed by atoms with Gasteiger partial charge in [0.15, 0.2) is 0 Å². The Morgan fingerprint density at radius 3 is 2.14 bits per heavy atom. The zero-order chi connectivity index (χ0) is 10.5. The van der Waals surface area contributed by atoms with E-state index >= 15 is 0 Å². The molecular weight excluding hydrogens is 190 g/mol. The molecule has 0 radical (unpaired) electrons. The lowest BCUT2D eigenvalue weighted by molar-refractivity contribution is 1.12. The van der Waals surface area contributed by atoms with Crippen LogP contribution in [0.5, 0.6) is 0 Å². The standard InChI is InChI=1S/C12H15NS/c1-6-8(3)13-9(4)12-11(6)7(2)10(5)14-12/h1-5H3. The fraction of sp³-hybridized carbons (Fsp3) is 0.417. The molecule has 2 aromatic rings. The van der Waals surface area contributed by atoms with Gasteiger partial charge in [-0.3, -0.25) is 4.98 Å². The highest BCUT2D eigenvalue weighted by Crippen LogP contribution is 2.34. The van der Waals surface area contributed by atoms with Crippen molar-refractivity contribution in [1.82, 2.24) is 4.98 Å². The van der Waals surface area contributed by atoms with Crippen LogP contribution in [0.2, 0.25) is 0 Å². The maximum atomic E-state index is 4.57. The molecule has 14 heavy (non-hydrogen) atoms. The molecule has 2 heteroatoms. The lowest BCUT2D eigenvalue weighted by Gasteiger charge is -2.04. The zero-order valence-corrected chi connectivity index (χ0v) is 10.2. The number of nitrogens with zero attached hydrogens (tertiary/aromatic N) is 1. The van der Waals surface area contributed by atoms with E-state index < -0.39 is 0 Å². The van der Waals surface area contributed by atoms with Gasteiger partial charge in [-0.25, -0.2) is 0 Å². The van der Waals surface area contributed by atoms with Crippen LogP contribution in [-0.2, 0) is 0 Å². The predicted molar refractivity (Wildman–Crippen MR) is 63.3 cm³/mol. The second-order valence-corrected chi connectivity index (χ2v) is 5.12. The molecule has 0 amide bonds. The minimum absolute atomic E-state index is 1.16. The molecule has 0 fully saturated rings. The van der Waals surface area contributed by atoms with Crippen molar-refractivity contribution in [2.45, 2.75) is 34.6 Å². The summed E-state index contributed by atoms with van der Waals surface area (Å²) < 4.78 is 1.36. The van der Waals surface area contributed by atoms with Gasteiger partial charge in [0.25, 0.3) is 0 Å². The summed E-state index contributed by atoms with van der Waals surface area (Å²) >= 11 is 1.87. The normalized spacial score (nSPS) is 11.2. The summed E-state index contributed by atoms with van der Waals surface area (Å²) in [5, 5.41) is 1.43. The van der Waals surface area contributed by atoms with Crippen LogP contribution in [0, 0.1) is 34.6 Å². The van der Waals surface area contributed by atoms with Crippen LogP contribution < -0.4 is 0 Å². The molecule has 0 saturated heterocycles. The first-order valence-electron chi connectivity index (χ1n) is 4.86. The van der Waals surface area contributed by atoms with Crippen LogP contribution in [0.4, 0.5) is 0 Å². The molecule has 0 bridgehead atoms. The van der Waals surface area contributed by atoms with Crippen LogP contribution in [0.3, 0.4) is 0 Å². The molecule has 74 valence electrons. The van der Waals surface area contributed by atoms with Gasteiger partial charge in [-0.05, 0) is 45.7 Å². The highest BCUT2D eigenvalue weighted by molar-refractivity contribution is 7.19. The third-order valence-electron chi connectivity index (χ3n) is 2.97. The number of pyridine rings is 1. The number of aryl methyl sites for hydroxylation is 5. The lowest BCUT2D eigenvalue weighted by Crippen LogP contribution is -1.91. The molecule has 0 aliphatic carbocycles. The van der Waals surface area contributed by atoms with Crippen molar-refractivity contribution in [3.63, 3.8) is 0 Å². The van der Waals surface area contributed by atoms with Gasteiger partial charge >= 0.3 is 0 Å². The fourth-order valence-corrected chi connectivity index (χ4v) is 3.06. The van der Waals surface area contributed by atoms with Crippen LogP contribution in [0.15, 0.2) is 0 Å². The minimum atomic E-state index is 1.16. The van der Waals surface area contributed by atoms with Crippen LogP contribution in [-0.4, -0.2) is 4.98 Å². The summed E-state index contributed by atoms with van der Waals surface area (Å²) in [5.74, 6) is 0. The largest absolute Gasteiger partial charge is 0.257 e. The molecule has 0 saturated carbocycles. The van der Waals surface area contributed by atoms with Crippen molar-refractivity contribution < 1.29 is 0 Å². The van der Waals surface area contributed by atoms with Gasteiger partial charge in [0.05, 0.1) is 10.4 Å². The molecule has 0 aromatic carbocycles. The Bertz CT molecular complexity index is 509. The Morgan fingerprint density at radius 1 is 0.857 bits per heavy atom. The minimum Gasteiger partial charge on any atom is -0.257 e. The van der Waals surface area contributed by atoms with Crippen LogP contribution in [0.1, 0.15) is 27.4 Å². The maximum Gasteiger partial charge on any atom is 0.0563 e. The quantitative estimate of drug-likeness (QED) is 0.637.